The predicted octanol–water partition coefficient (Wildman–Crippen LogP) is 2.05. The van der Waals surface area contributed by atoms with Crippen LogP contribution in [0.15, 0.2) is 18.2 Å². The standard InChI is InChI=1S/C16H21NO3/c1-10-13(7-8-20-10)16(19)12-3-5-14-11(9-12)4-6-15(18)17(14)2/h3,5,9-10,13,16,19H,4,6-8H2,1-2H3. The van der Waals surface area contributed by atoms with Gasteiger partial charge in [0.15, 0.2) is 0 Å². The van der Waals surface area contributed by atoms with Crippen molar-refractivity contribution in [2.45, 2.75) is 38.4 Å². The monoisotopic (exact) mass is 275 g/mol. The van der Waals surface area contributed by atoms with Crippen molar-refractivity contribution in [2.75, 3.05) is 18.6 Å². The third kappa shape index (κ3) is 2.23. The highest BCUT2D eigenvalue weighted by molar-refractivity contribution is 5.95. The number of amides is 1. The first-order valence-corrected chi connectivity index (χ1v) is 7.27. The number of aliphatic hydroxyl groups is 1. The molecule has 0 aromatic heterocycles. The molecule has 0 aliphatic carbocycles. The van der Waals surface area contributed by atoms with Crippen molar-refractivity contribution in [3.8, 4) is 0 Å². The molecule has 0 saturated carbocycles. The molecule has 1 N–H and O–H groups in total. The lowest BCUT2D eigenvalue weighted by Gasteiger charge is -2.28. The summed E-state index contributed by atoms with van der Waals surface area (Å²) >= 11 is 0. The maximum atomic E-state index is 11.7. The molecule has 2 aliphatic rings. The van der Waals surface area contributed by atoms with E-state index in [0.717, 1.165) is 36.3 Å². The zero-order valence-corrected chi connectivity index (χ0v) is 12.0. The highest BCUT2D eigenvalue weighted by Gasteiger charge is 2.32. The first-order chi connectivity index (χ1) is 9.58. The van der Waals surface area contributed by atoms with Crippen LogP contribution in [0.5, 0.6) is 0 Å². The van der Waals surface area contributed by atoms with Crippen LogP contribution in [0.3, 0.4) is 0 Å². The first kappa shape index (κ1) is 13.6. The Kier molecular flexibility index (Phi) is 3.52. The van der Waals surface area contributed by atoms with Gasteiger partial charge in [-0.05, 0) is 37.0 Å². The van der Waals surface area contributed by atoms with Crippen molar-refractivity contribution in [3.63, 3.8) is 0 Å². The van der Waals surface area contributed by atoms with Crippen molar-refractivity contribution >= 4 is 11.6 Å². The number of rotatable bonds is 2. The van der Waals surface area contributed by atoms with Gasteiger partial charge >= 0.3 is 0 Å². The van der Waals surface area contributed by atoms with Crippen LogP contribution in [0.25, 0.3) is 0 Å². The van der Waals surface area contributed by atoms with E-state index in [2.05, 4.69) is 0 Å². The molecule has 3 atom stereocenters. The van der Waals surface area contributed by atoms with Gasteiger partial charge in [-0.1, -0.05) is 12.1 Å². The Balaban J connectivity index is 1.87. The molecular formula is C16H21NO3. The fraction of sp³-hybridized carbons (Fsp3) is 0.562. The Bertz CT molecular complexity index is 528. The number of aliphatic hydroxyl groups excluding tert-OH is 1. The summed E-state index contributed by atoms with van der Waals surface area (Å²) in [6.07, 6.45) is 1.82. The molecule has 4 heteroatoms. The number of nitrogens with zero attached hydrogens (tertiary/aromatic N) is 1. The van der Waals surface area contributed by atoms with Gasteiger partial charge in [-0.2, -0.15) is 0 Å². The van der Waals surface area contributed by atoms with Crippen LogP contribution in [0, 0.1) is 5.92 Å². The Morgan fingerprint density at radius 3 is 2.90 bits per heavy atom. The normalized spacial score (nSPS) is 27.6. The summed E-state index contributed by atoms with van der Waals surface area (Å²) in [4.78, 5) is 13.4. The van der Waals surface area contributed by atoms with E-state index in [4.69, 9.17) is 4.74 Å². The smallest absolute Gasteiger partial charge is 0.227 e. The van der Waals surface area contributed by atoms with Crippen LogP contribution in [-0.4, -0.2) is 30.8 Å². The number of anilines is 1. The van der Waals surface area contributed by atoms with Gasteiger partial charge in [-0.25, -0.2) is 0 Å². The molecule has 0 bridgehead atoms. The van der Waals surface area contributed by atoms with E-state index < -0.39 is 6.10 Å². The van der Waals surface area contributed by atoms with Crippen molar-refractivity contribution in [1.82, 2.24) is 0 Å². The average Bonchev–Trinajstić information content (AvgIpc) is 2.88. The second-order valence-electron chi connectivity index (χ2n) is 5.81. The lowest BCUT2D eigenvalue weighted by molar-refractivity contribution is -0.118. The predicted molar refractivity (Wildman–Crippen MR) is 76.7 cm³/mol. The Hall–Kier alpha value is -1.39. The molecule has 0 radical (unpaired) electrons. The van der Waals surface area contributed by atoms with E-state index >= 15 is 0 Å². The number of hydrogen-bond acceptors (Lipinski definition) is 3. The molecule has 1 aromatic rings. The number of carbonyl (C=O) groups is 1. The maximum Gasteiger partial charge on any atom is 0.227 e. The number of fused-ring (bicyclic) bond motifs is 1. The molecule has 4 nitrogen and oxygen atoms in total. The quantitative estimate of drug-likeness (QED) is 0.898. The number of ether oxygens (including phenoxy) is 1. The van der Waals surface area contributed by atoms with Gasteiger partial charge in [0.25, 0.3) is 0 Å². The van der Waals surface area contributed by atoms with Gasteiger partial charge in [0.1, 0.15) is 0 Å². The highest BCUT2D eigenvalue weighted by Crippen LogP contribution is 2.36. The van der Waals surface area contributed by atoms with Crippen molar-refractivity contribution in [1.29, 1.82) is 0 Å². The van der Waals surface area contributed by atoms with E-state index in [1.54, 1.807) is 4.90 Å². The first-order valence-electron chi connectivity index (χ1n) is 7.27. The van der Waals surface area contributed by atoms with Gasteiger partial charge < -0.3 is 14.7 Å². The molecule has 3 rings (SSSR count). The van der Waals surface area contributed by atoms with Crippen molar-refractivity contribution in [3.05, 3.63) is 29.3 Å². The summed E-state index contributed by atoms with van der Waals surface area (Å²) in [5.41, 5.74) is 3.05. The fourth-order valence-electron chi connectivity index (χ4n) is 3.27. The summed E-state index contributed by atoms with van der Waals surface area (Å²) in [6, 6.07) is 5.93. The van der Waals surface area contributed by atoms with E-state index in [1.807, 2.05) is 32.2 Å². The third-order valence-electron chi connectivity index (χ3n) is 4.63. The van der Waals surface area contributed by atoms with Crippen LogP contribution >= 0.6 is 0 Å². The third-order valence-corrected chi connectivity index (χ3v) is 4.63. The van der Waals surface area contributed by atoms with Crippen molar-refractivity contribution < 1.29 is 14.6 Å². The minimum atomic E-state index is -0.485. The summed E-state index contributed by atoms with van der Waals surface area (Å²) in [6.45, 7) is 2.75. The van der Waals surface area contributed by atoms with E-state index in [-0.39, 0.29) is 17.9 Å². The Labute approximate surface area is 119 Å². The van der Waals surface area contributed by atoms with Crippen LogP contribution in [0.2, 0.25) is 0 Å². The molecular weight excluding hydrogens is 254 g/mol. The van der Waals surface area contributed by atoms with Crippen LogP contribution < -0.4 is 4.90 Å². The molecule has 1 amide bonds. The summed E-state index contributed by atoms with van der Waals surface area (Å²) in [5.74, 6) is 0.319. The number of hydrogen-bond donors (Lipinski definition) is 1. The van der Waals surface area contributed by atoms with Crippen LogP contribution in [-0.2, 0) is 16.0 Å². The largest absolute Gasteiger partial charge is 0.388 e. The van der Waals surface area contributed by atoms with Gasteiger partial charge in [0.2, 0.25) is 5.91 Å². The zero-order chi connectivity index (χ0) is 14.3. The maximum absolute atomic E-state index is 11.7. The van der Waals surface area contributed by atoms with Gasteiger partial charge in [0, 0.05) is 31.7 Å². The molecule has 3 unspecified atom stereocenters. The summed E-state index contributed by atoms with van der Waals surface area (Å²) < 4.78 is 5.54. The fourth-order valence-corrected chi connectivity index (χ4v) is 3.27. The van der Waals surface area contributed by atoms with Crippen LogP contribution in [0.1, 0.15) is 37.0 Å². The second-order valence-corrected chi connectivity index (χ2v) is 5.81. The Morgan fingerprint density at radius 1 is 1.40 bits per heavy atom. The topological polar surface area (TPSA) is 49.8 Å². The highest BCUT2D eigenvalue weighted by atomic mass is 16.5. The average molecular weight is 275 g/mol. The number of aryl methyl sites for hydroxylation is 1. The molecule has 1 aromatic carbocycles. The minimum absolute atomic E-state index is 0.102. The molecule has 2 aliphatic heterocycles. The van der Waals surface area contributed by atoms with E-state index in [1.165, 1.54) is 0 Å². The molecule has 1 saturated heterocycles. The van der Waals surface area contributed by atoms with Gasteiger partial charge in [0.05, 0.1) is 12.2 Å². The van der Waals surface area contributed by atoms with Crippen LogP contribution in [0.4, 0.5) is 5.69 Å². The van der Waals surface area contributed by atoms with E-state index in [9.17, 15) is 9.90 Å². The van der Waals surface area contributed by atoms with Crippen molar-refractivity contribution in [2.24, 2.45) is 5.92 Å². The number of carbonyl (C=O) groups excluding carboxylic acids is 1. The second kappa shape index (κ2) is 5.19. The Morgan fingerprint density at radius 2 is 2.20 bits per heavy atom. The van der Waals surface area contributed by atoms with Gasteiger partial charge in [-0.3, -0.25) is 4.79 Å². The molecule has 2 heterocycles. The van der Waals surface area contributed by atoms with E-state index in [0.29, 0.717) is 6.42 Å². The SMILES string of the molecule is CC1OCCC1C(O)c1ccc2c(c1)CCC(=O)N2C. The molecule has 1 fully saturated rings. The molecule has 20 heavy (non-hydrogen) atoms. The molecule has 108 valence electrons. The van der Waals surface area contributed by atoms with Gasteiger partial charge in [-0.15, -0.1) is 0 Å². The lowest BCUT2D eigenvalue weighted by Crippen LogP contribution is -2.31. The lowest BCUT2D eigenvalue weighted by atomic mass is 9.88. The number of benzene rings is 1. The zero-order valence-electron chi connectivity index (χ0n) is 12.0. The summed E-state index contributed by atoms with van der Waals surface area (Å²) in [7, 11) is 1.81. The minimum Gasteiger partial charge on any atom is -0.388 e. The summed E-state index contributed by atoms with van der Waals surface area (Å²) in [5, 5.41) is 10.5. The molecule has 0 spiro atoms.